The Morgan fingerprint density at radius 1 is 1.06 bits per heavy atom. The number of imide groups is 1. The summed E-state index contributed by atoms with van der Waals surface area (Å²) >= 11 is 5.87. The zero-order valence-electron chi connectivity index (χ0n) is 18.3. The van der Waals surface area contributed by atoms with E-state index >= 15 is 0 Å². The quantitative estimate of drug-likeness (QED) is 0.670. The molecule has 6 nitrogen and oxygen atoms in total. The Morgan fingerprint density at radius 3 is 2.26 bits per heavy atom. The molecule has 0 spiro atoms. The fraction of sp³-hybridized carbons (Fsp3) is 0.375. The van der Waals surface area contributed by atoms with E-state index in [9.17, 15) is 14.4 Å². The van der Waals surface area contributed by atoms with Crippen LogP contribution < -0.4 is 10.6 Å². The highest BCUT2D eigenvalue weighted by atomic mass is 35.5. The molecule has 1 saturated heterocycles. The Labute approximate surface area is 188 Å². The maximum atomic E-state index is 13.0. The van der Waals surface area contributed by atoms with Crippen molar-refractivity contribution in [1.29, 1.82) is 0 Å². The highest BCUT2D eigenvalue weighted by Gasteiger charge is 2.49. The lowest BCUT2D eigenvalue weighted by atomic mass is 9.84. The number of hydrogen-bond acceptors (Lipinski definition) is 3. The van der Waals surface area contributed by atoms with Crippen molar-refractivity contribution >= 4 is 29.4 Å². The molecular formula is C24H28ClN3O3. The largest absolute Gasteiger partial charge is 0.354 e. The monoisotopic (exact) mass is 441 g/mol. The second kappa shape index (κ2) is 8.71. The van der Waals surface area contributed by atoms with Gasteiger partial charge in [0.25, 0.3) is 5.91 Å². The van der Waals surface area contributed by atoms with Crippen LogP contribution in [0.5, 0.6) is 0 Å². The minimum absolute atomic E-state index is 0.0154. The zero-order chi connectivity index (χ0) is 22.8. The average Bonchev–Trinajstić information content (AvgIpc) is 2.93. The molecule has 2 aromatic rings. The van der Waals surface area contributed by atoms with Gasteiger partial charge in [-0.25, -0.2) is 4.79 Å². The van der Waals surface area contributed by atoms with Gasteiger partial charge < -0.3 is 10.6 Å². The molecule has 0 saturated carbocycles. The molecule has 0 unspecified atom stereocenters. The summed E-state index contributed by atoms with van der Waals surface area (Å²) in [4.78, 5) is 38.8. The van der Waals surface area contributed by atoms with Crippen molar-refractivity contribution in [2.24, 2.45) is 0 Å². The van der Waals surface area contributed by atoms with E-state index in [4.69, 9.17) is 11.6 Å². The molecule has 7 heteroatoms. The SMILES string of the molecule is CC(C)(C)c1ccc([C@]2(C)NC(=O)N(CC(=O)NCCc3ccc(Cl)cc3)C2=O)cc1. The molecule has 164 valence electrons. The molecular weight excluding hydrogens is 414 g/mol. The summed E-state index contributed by atoms with van der Waals surface area (Å²) < 4.78 is 0. The number of carbonyl (C=O) groups is 3. The van der Waals surface area contributed by atoms with Crippen LogP contribution in [0.15, 0.2) is 48.5 Å². The van der Waals surface area contributed by atoms with Crippen molar-refractivity contribution in [2.45, 2.75) is 45.1 Å². The van der Waals surface area contributed by atoms with Crippen LogP contribution in [0, 0.1) is 0 Å². The number of amides is 4. The molecule has 0 aliphatic carbocycles. The average molecular weight is 442 g/mol. The Hall–Kier alpha value is -2.86. The van der Waals surface area contributed by atoms with E-state index in [1.54, 1.807) is 19.1 Å². The topological polar surface area (TPSA) is 78.5 Å². The number of rotatable bonds is 6. The fourth-order valence-electron chi connectivity index (χ4n) is 3.54. The predicted octanol–water partition coefficient (Wildman–Crippen LogP) is 3.76. The summed E-state index contributed by atoms with van der Waals surface area (Å²) in [5, 5.41) is 6.16. The number of nitrogens with one attached hydrogen (secondary N) is 2. The van der Waals surface area contributed by atoms with E-state index in [2.05, 4.69) is 31.4 Å². The third-order valence-corrected chi connectivity index (χ3v) is 5.81. The fourth-order valence-corrected chi connectivity index (χ4v) is 3.66. The summed E-state index contributed by atoms with van der Waals surface area (Å²) in [6, 6.07) is 14.4. The van der Waals surface area contributed by atoms with Gasteiger partial charge in [0.15, 0.2) is 0 Å². The van der Waals surface area contributed by atoms with Crippen LogP contribution in [-0.4, -0.2) is 35.8 Å². The van der Waals surface area contributed by atoms with Crippen molar-refractivity contribution in [1.82, 2.24) is 15.5 Å². The molecule has 2 N–H and O–H groups in total. The number of nitrogens with zero attached hydrogens (tertiary/aromatic N) is 1. The minimum atomic E-state index is -1.20. The van der Waals surface area contributed by atoms with Crippen molar-refractivity contribution in [2.75, 3.05) is 13.1 Å². The molecule has 1 aliphatic rings. The van der Waals surface area contributed by atoms with Gasteiger partial charge in [-0.2, -0.15) is 0 Å². The minimum Gasteiger partial charge on any atom is -0.354 e. The molecule has 1 atom stereocenters. The summed E-state index contributed by atoms with van der Waals surface area (Å²) in [6.45, 7) is 8.08. The third-order valence-electron chi connectivity index (χ3n) is 5.55. The molecule has 2 aromatic carbocycles. The summed E-state index contributed by atoms with van der Waals surface area (Å²) in [5.74, 6) is -0.821. The van der Waals surface area contributed by atoms with Crippen LogP contribution in [0.25, 0.3) is 0 Å². The van der Waals surface area contributed by atoms with E-state index in [1.165, 1.54) is 0 Å². The van der Waals surface area contributed by atoms with Crippen molar-refractivity contribution < 1.29 is 14.4 Å². The van der Waals surface area contributed by atoms with Gasteiger partial charge in [-0.1, -0.05) is 68.8 Å². The molecule has 0 bridgehead atoms. The Bertz CT molecular complexity index is 981. The number of hydrogen-bond donors (Lipinski definition) is 2. The lowest BCUT2D eigenvalue weighted by Crippen LogP contribution is -2.43. The van der Waals surface area contributed by atoms with Gasteiger partial charge in [0.2, 0.25) is 5.91 Å². The van der Waals surface area contributed by atoms with Crippen LogP contribution in [0.2, 0.25) is 5.02 Å². The first-order valence-corrected chi connectivity index (χ1v) is 10.6. The van der Waals surface area contributed by atoms with Crippen molar-refractivity contribution in [3.63, 3.8) is 0 Å². The summed E-state index contributed by atoms with van der Waals surface area (Å²) in [7, 11) is 0. The first kappa shape index (κ1) is 22.8. The lowest BCUT2D eigenvalue weighted by molar-refractivity contribution is -0.134. The second-order valence-corrected chi connectivity index (χ2v) is 9.44. The Balaban J connectivity index is 1.61. The Morgan fingerprint density at radius 2 is 1.68 bits per heavy atom. The van der Waals surface area contributed by atoms with Crippen LogP contribution >= 0.6 is 11.6 Å². The molecule has 1 fully saturated rings. The zero-order valence-corrected chi connectivity index (χ0v) is 19.0. The highest BCUT2D eigenvalue weighted by Crippen LogP contribution is 2.31. The van der Waals surface area contributed by atoms with Crippen LogP contribution in [0.3, 0.4) is 0 Å². The summed E-state index contributed by atoms with van der Waals surface area (Å²) in [6.07, 6.45) is 0.626. The van der Waals surface area contributed by atoms with Crippen LogP contribution in [0.4, 0.5) is 4.79 Å². The van der Waals surface area contributed by atoms with Gasteiger partial charge in [0, 0.05) is 11.6 Å². The van der Waals surface area contributed by atoms with Crippen LogP contribution in [-0.2, 0) is 27.0 Å². The van der Waals surface area contributed by atoms with E-state index in [0.29, 0.717) is 23.6 Å². The maximum Gasteiger partial charge on any atom is 0.325 e. The molecule has 31 heavy (non-hydrogen) atoms. The number of halogens is 1. The standard InChI is InChI=1S/C24H28ClN3O3/c1-23(2,3)17-7-9-18(10-8-17)24(4)21(30)28(22(31)27-24)15-20(29)26-14-13-16-5-11-19(25)12-6-16/h5-12H,13-15H2,1-4H3,(H,26,29)(H,27,31)/t24-/m0/s1. The van der Waals surface area contributed by atoms with E-state index in [1.807, 2.05) is 36.4 Å². The molecule has 3 rings (SSSR count). The smallest absolute Gasteiger partial charge is 0.325 e. The van der Waals surface area contributed by atoms with E-state index < -0.39 is 17.5 Å². The van der Waals surface area contributed by atoms with Gasteiger partial charge in [-0.15, -0.1) is 0 Å². The first-order valence-electron chi connectivity index (χ1n) is 10.3. The maximum absolute atomic E-state index is 13.0. The third kappa shape index (κ3) is 5.07. The van der Waals surface area contributed by atoms with Gasteiger partial charge in [0.1, 0.15) is 12.1 Å². The predicted molar refractivity (Wildman–Crippen MR) is 121 cm³/mol. The molecule has 1 heterocycles. The number of benzene rings is 2. The van der Waals surface area contributed by atoms with Gasteiger partial charge in [0.05, 0.1) is 0 Å². The van der Waals surface area contributed by atoms with Crippen molar-refractivity contribution in [3.8, 4) is 0 Å². The molecule has 4 amide bonds. The summed E-state index contributed by atoms with van der Waals surface area (Å²) in [5.41, 5.74) is 1.64. The normalized spacial score (nSPS) is 18.8. The molecule has 0 radical (unpaired) electrons. The van der Waals surface area contributed by atoms with Crippen LogP contribution in [0.1, 0.15) is 44.4 Å². The van der Waals surface area contributed by atoms with Gasteiger partial charge in [-0.3, -0.25) is 14.5 Å². The highest BCUT2D eigenvalue weighted by molar-refractivity contribution is 6.30. The molecule has 1 aliphatic heterocycles. The first-order chi connectivity index (χ1) is 14.5. The second-order valence-electron chi connectivity index (χ2n) is 9.00. The van der Waals surface area contributed by atoms with E-state index in [-0.39, 0.29) is 17.9 Å². The van der Waals surface area contributed by atoms with Gasteiger partial charge >= 0.3 is 6.03 Å². The van der Waals surface area contributed by atoms with Crippen molar-refractivity contribution in [3.05, 3.63) is 70.2 Å². The Kier molecular flexibility index (Phi) is 6.41. The molecule has 0 aromatic heterocycles. The number of carbonyl (C=O) groups excluding carboxylic acids is 3. The van der Waals surface area contributed by atoms with E-state index in [0.717, 1.165) is 16.0 Å². The lowest BCUT2D eigenvalue weighted by Gasteiger charge is -2.24. The van der Waals surface area contributed by atoms with Gasteiger partial charge in [-0.05, 0) is 47.6 Å². The number of urea groups is 1.